The molecule has 0 aromatic carbocycles. The van der Waals surface area contributed by atoms with E-state index < -0.39 is 0 Å². The van der Waals surface area contributed by atoms with E-state index in [9.17, 15) is 9.59 Å². The summed E-state index contributed by atoms with van der Waals surface area (Å²) >= 11 is 0. The Labute approximate surface area is 105 Å². The number of aromatic nitrogens is 2. The molecule has 2 heterocycles. The Hall–Kier alpha value is -1.85. The molecule has 6 heteroatoms. The Bertz CT molecular complexity index is 516. The molecule has 1 aromatic heterocycles. The van der Waals surface area contributed by atoms with Gasteiger partial charge in [0.15, 0.2) is 0 Å². The summed E-state index contributed by atoms with van der Waals surface area (Å²) in [7, 11) is 0. The lowest BCUT2D eigenvalue weighted by atomic mass is 9.92. The van der Waals surface area contributed by atoms with Crippen LogP contribution < -0.4 is 15.8 Å². The third-order valence-corrected chi connectivity index (χ3v) is 2.84. The van der Waals surface area contributed by atoms with Crippen molar-refractivity contribution in [2.75, 3.05) is 24.5 Å². The van der Waals surface area contributed by atoms with Crippen LogP contribution in [0.2, 0.25) is 0 Å². The van der Waals surface area contributed by atoms with Gasteiger partial charge >= 0.3 is 0 Å². The van der Waals surface area contributed by atoms with E-state index in [4.69, 9.17) is 0 Å². The first kappa shape index (κ1) is 12.6. The van der Waals surface area contributed by atoms with Crippen LogP contribution in [0.4, 0.5) is 5.95 Å². The lowest BCUT2D eigenvalue weighted by Gasteiger charge is -2.28. The summed E-state index contributed by atoms with van der Waals surface area (Å²) in [5.41, 5.74) is 0.351. The molecule has 0 saturated carbocycles. The van der Waals surface area contributed by atoms with Crippen molar-refractivity contribution in [2.45, 2.75) is 26.2 Å². The van der Waals surface area contributed by atoms with E-state index in [1.807, 2.05) is 20.8 Å². The van der Waals surface area contributed by atoms with Crippen molar-refractivity contribution < 1.29 is 4.79 Å². The van der Waals surface area contributed by atoms with Crippen LogP contribution in [0.15, 0.2) is 10.9 Å². The number of hydrogen-bond acceptors (Lipinski definition) is 4. The SMILES string of the molecule is CC(C)(C)c1cc(=O)[nH]c(N2CCNC(=O)C2)n1. The van der Waals surface area contributed by atoms with Gasteiger partial charge in [-0.2, -0.15) is 0 Å². The number of carbonyl (C=O) groups excluding carboxylic acids is 1. The third-order valence-electron chi connectivity index (χ3n) is 2.84. The predicted molar refractivity (Wildman–Crippen MR) is 68.8 cm³/mol. The average molecular weight is 250 g/mol. The molecule has 18 heavy (non-hydrogen) atoms. The topological polar surface area (TPSA) is 78.1 Å². The third kappa shape index (κ3) is 2.69. The first-order valence-electron chi connectivity index (χ1n) is 6.00. The van der Waals surface area contributed by atoms with Gasteiger partial charge in [-0.15, -0.1) is 0 Å². The minimum atomic E-state index is -0.193. The van der Waals surface area contributed by atoms with Gasteiger partial charge in [0, 0.05) is 24.6 Å². The van der Waals surface area contributed by atoms with E-state index in [0.29, 0.717) is 19.0 Å². The summed E-state index contributed by atoms with van der Waals surface area (Å²) in [6.45, 7) is 7.46. The Balaban J connectivity index is 2.36. The summed E-state index contributed by atoms with van der Waals surface area (Å²) in [6, 6.07) is 1.51. The average Bonchev–Trinajstić information content (AvgIpc) is 2.27. The summed E-state index contributed by atoms with van der Waals surface area (Å²) in [5.74, 6) is 0.423. The molecular formula is C12H18N4O2. The van der Waals surface area contributed by atoms with Crippen molar-refractivity contribution in [3.8, 4) is 0 Å². The molecule has 98 valence electrons. The molecule has 6 nitrogen and oxygen atoms in total. The summed E-state index contributed by atoms with van der Waals surface area (Å²) in [5, 5.41) is 2.74. The number of rotatable bonds is 1. The van der Waals surface area contributed by atoms with Gasteiger partial charge in [-0.05, 0) is 0 Å². The molecule has 1 aliphatic heterocycles. The number of aromatic amines is 1. The first-order valence-corrected chi connectivity index (χ1v) is 6.00. The van der Waals surface area contributed by atoms with Gasteiger partial charge < -0.3 is 10.2 Å². The molecule has 1 fully saturated rings. The number of nitrogens with zero attached hydrogens (tertiary/aromatic N) is 2. The smallest absolute Gasteiger partial charge is 0.252 e. The van der Waals surface area contributed by atoms with E-state index in [1.54, 1.807) is 4.90 Å². The molecular weight excluding hydrogens is 232 g/mol. The molecule has 0 bridgehead atoms. The molecule has 1 saturated heterocycles. The van der Waals surface area contributed by atoms with E-state index in [0.717, 1.165) is 5.69 Å². The lowest BCUT2D eigenvalue weighted by Crippen LogP contribution is -2.48. The van der Waals surface area contributed by atoms with Crippen LogP contribution in [-0.4, -0.2) is 35.5 Å². The second-order valence-corrected chi connectivity index (χ2v) is 5.48. The summed E-state index contributed by atoms with van der Waals surface area (Å²) in [4.78, 5) is 31.9. The van der Waals surface area contributed by atoms with Crippen LogP contribution in [0.3, 0.4) is 0 Å². The molecule has 2 N–H and O–H groups in total. The molecule has 2 rings (SSSR count). The maximum absolute atomic E-state index is 11.7. The van der Waals surface area contributed by atoms with Crippen molar-refractivity contribution in [3.63, 3.8) is 0 Å². The number of anilines is 1. The van der Waals surface area contributed by atoms with Crippen LogP contribution in [0, 0.1) is 0 Å². The highest BCUT2D eigenvalue weighted by molar-refractivity contribution is 5.81. The van der Waals surface area contributed by atoms with Gasteiger partial charge in [-0.3, -0.25) is 14.6 Å². The Morgan fingerprint density at radius 2 is 2.06 bits per heavy atom. The van der Waals surface area contributed by atoms with E-state index in [2.05, 4.69) is 15.3 Å². The van der Waals surface area contributed by atoms with Crippen LogP contribution in [0.5, 0.6) is 0 Å². The lowest BCUT2D eigenvalue weighted by molar-refractivity contribution is -0.120. The van der Waals surface area contributed by atoms with Crippen molar-refractivity contribution >= 4 is 11.9 Å². The molecule has 1 aromatic rings. The van der Waals surface area contributed by atoms with E-state index in [-0.39, 0.29) is 23.4 Å². The molecule has 0 radical (unpaired) electrons. The zero-order chi connectivity index (χ0) is 13.3. The van der Waals surface area contributed by atoms with Gasteiger partial charge in [0.05, 0.1) is 12.2 Å². The summed E-state index contributed by atoms with van der Waals surface area (Å²) < 4.78 is 0. The minimum Gasteiger partial charge on any atom is -0.353 e. The quantitative estimate of drug-likeness (QED) is 0.735. The number of amides is 1. The maximum Gasteiger partial charge on any atom is 0.252 e. The van der Waals surface area contributed by atoms with E-state index >= 15 is 0 Å². The number of nitrogens with one attached hydrogen (secondary N) is 2. The zero-order valence-electron chi connectivity index (χ0n) is 10.9. The van der Waals surface area contributed by atoms with E-state index in [1.165, 1.54) is 6.07 Å². The van der Waals surface area contributed by atoms with Crippen molar-refractivity contribution in [1.82, 2.24) is 15.3 Å². The van der Waals surface area contributed by atoms with Crippen molar-refractivity contribution in [1.29, 1.82) is 0 Å². The van der Waals surface area contributed by atoms with Gasteiger partial charge in [0.2, 0.25) is 11.9 Å². The molecule has 1 amide bonds. The van der Waals surface area contributed by atoms with Gasteiger partial charge in [-0.1, -0.05) is 20.8 Å². The standard InChI is InChI=1S/C12H18N4O2/c1-12(2,3)8-6-9(17)15-11(14-8)16-5-4-13-10(18)7-16/h6H,4-5,7H2,1-3H3,(H,13,18)(H,14,15,17). The maximum atomic E-state index is 11.7. The molecule has 0 unspecified atom stereocenters. The fourth-order valence-corrected chi connectivity index (χ4v) is 1.80. The van der Waals surface area contributed by atoms with Crippen LogP contribution in [-0.2, 0) is 10.2 Å². The van der Waals surface area contributed by atoms with Crippen LogP contribution in [0.25, 0.3) is 0 Å². The van der Waals surface area contributed by atoms with Crippen LogP contribution >= 0.6 is 0 Å². The highest BCUT2D eigenvalue weighted by atomic mass is 16.2. The molecule has 0 atom stereocenters. The van der Waals surface area contributed by atoms with Gasteiger partial charge in [-0.25, -0.2) is 4.98 Å². The number of carbonyl (C=O) groups is 1. The Kier molecular flexibility index (Phi) is 3.11. The van der Waals surface area contributed by atoms with Crippen LogP contribution in [0.1, 0.15) is 26.5 Å². The molecule has 0 spiro atoms. The summed E-state index contributed by atoms with van der Waals surface area (Å²) in [6.07, 6.45) is 0. The highest BCUT2D eigenvalue weighted by Gasteiger charge is 2.22. The van der Waals surface area contributed by atoms with Crippen molar-refractivity contribution in [3.05, 3.63) is 22.1 Å². The zero-order valence-corrected chi connectivity index (χ0v) is 10.9. The van der Waals surface area contributed by atoms with Crippen molar-refractivity contribution in [2.24, 2.45) is 0 Å². The first-order chi connectivity index (χ1) is 8.36. The fraction of sp³-hybridized carbons (Fsp3) is 0.583. The Morgan fingerprint density at radius 1 is 1.33 bits per heavy atom. The molecule has 1 aliphatic rings. The minimum absolute atomic E-state index is 0.0509. The van der Waals surface area contributed by atoms with Gasteiger partial charge in [0.1, 0.15) is 0 Å². The van der Waals surface area contributed by atoms with Gasteiger partial charge in [0.25, 0.3) is 5.56 Å². The number of piperazine rings is 1. The largest absolute Gasteiger partial charge is 0.353 e. The normalized spacial score (nSPS) is 16.6. The molecule has 0 aliphatic carbocycles. The number of hydrogen-bond donors (Lipinski definition) is 2. The predicted octanol–water partition coefficient (Wildman–Crippen LogP) is 0.00360. The highest BCUT2D eigenvalue weighted by Crippen LogP contribution is 2.20. The monoisotopic (exact) mass is 250 g/mol. The second-order valence-electron chi connectivity index (χ2n) is 5.48. The second kappa shape index (κ2) is 4.44. The number of H-pyrrole nitrogens is 1. The fourth-order valence-electron chi connectivity index (χ4n) is 1.80. The Morgan fingerprint density at radius 3 is 2.67 bits per heavy atom.